The van der Waals surface area contributed by atoms with E-state index in [1.165, 1.54) is 0 Å². The molecule has 1 aliphatic heterocycles. The molecule has 0 bridgehead atoms. The van der Waals surface area contributed by atoms with Crippen molar-refractivity contribution in [2.45, 2.75) is 25.8 Å². The molecule has 1 aliphatic rings. The fraction of sp³-hybridized carbons (Fsp3) is 0.400. The maximum atomic E-state index is 11.6. The van der Waals surface area contributed by atoms with Crippen LogP contribution in [0, 0.1) is 0 Å². The maximum absolute atomic E-state index is 11.6. The number of nitrogens with one attached hydrogen (secondary N) is 1. The second kappa shape index (κ2) is 2.78. The van der Waals surface area contributed by atoms with Gasteiger partial charge in [-0.1, -0.05) is 0 Å². The fourth-order valence-electron chi connectivity index (χ4n) is 1.60. The van der Waals surface area contributed by atoms with Gasteiger partial charge in [0.05, 0.1) is 16.8 Å². The Hall–Kier alpha value is -1.42. The Kier molecular flexibility index (Phi) is 1.82. The summed E-state index contributed by atoms with van der Waals surface area (Å²) in [4.78, 5) is 15.8. The van der Waals surface area contributed by atoms with Crippen LogP contribution >= 0.6 is 0 Å². The minimum atomic E-state index is -0.525. The average Bonchev–Trinajstić information content (AvgIpc) is 2.38. The number of carbonyl (C=O) groups is 1. The first-order valence-corrected chi connectivity index (χ1v) is 4.56. The number of amides is 1. The van der Waals surface area contributed by atoms with Crippen LogP contribution in [0.2, 0.25) is 0 Å². The van der Waals surface area contributed by atoms with E-state index in [1.54, 1.807) is 6.20 Å². The minimum absolute atomic E-state index is 0.00540. The van der Waals surface area contributed by atoms with Gasteiger partial charge in [0.15, 0.2) is 0 Å². The molecule has 0 spiro atoms. The predicted octanol–water partition coefficient (Wildman–Crippen LogP) is 0.770. The van der Waals surface area contributed by atoms with E-state index in [0.717, 1.165) is 16.9 Å². The van der Waals surface area contributed by atoms with Crippen molar-refractivity contribution >= 4 is 11.6 Å². The molecule has 1 aromatic rings. The van der Waals surface area contributed by atoms with Crippen LogP contribution in [0.4, 0.5) is 5.69 Å². The molecule has 1 aromatic heterocycles. The third-order valence-electron chi connectivity index (χ3n) is 2.59. The summed E-state index contributed by atoms with van der Waals surface area (Å²) in [5, 5.41) is 2.81. The first-order valence-electron chi connectivity index (χ1n) is 4.56. The standard InChI is InChI=1S/C10H13N3O/c1-10(2)8-7(13-9(10)14)3-6(4-11)5-12-8/h3,5H,4,11H2,1-2H3,(H,13,14). The number of hydrogen-bond acceptors (Lipinski definition) is 3. The molecule has 0 radical (unpaired) electrons. The van der Waals surface area contributed by atoms with E-state index in [0.29, 0.717) is 6.54 Å². The second-order valence-electron chi connectivity index (χ2n) is 4.02. The van der Waals surface area contributed by atoms with Gasteiger partial charge in [0.2, 0.25) is 5.91 Å². The summed E-state index contributed by atoms with van der Waals surface area (Å²) >= 11 is 0. The van der Waals surface area contributed by atoms with E-state index >= 15 is 0 Å². The Morgan fingerprint density at radius 1 is 1.57 bits per heavy atom. The van der Waals surface area contributed by atoms with Gasteiger partial charge in [-0.05, 0) is 25.5 Å². The zero-order valence-corrected chi connectivity index (χ0v) is 8.29. The molecule has 0 aliphatic carbocycles. The lowest BCUT2D eigenvalue weighted by atomic mass is 9.90. The van der Waals surface area contributed by atoms with E-state index in [1.807, 2.05) is 19.9 Å². The topological polar surface area (TPSA) is 68.0 Å². The summed E-state index contributed by atoms with van der Waals surface area (Å²) in [7, 11) is 0. The summed E-state index contributed by atoms with van der Waals surface area (Å²) in [6, 6.07) is 1.88. The largest absolute Gasteiger partial charge is 0.326 e. The van der Waals surface area contributed by atoms with Gasteiger partial charge in [0.25, 0.3) is 0 Å². The van der Waals surface area contributed by atoms with Gasteiger partial charge < -0.3 is 11.1 Å². The number of rotatable bonds is 1. The second-order valence-corrected chi connectivity index (χ2v) is 4.02. The van der Waals surface area contributed by atoms with Crippen LogP contribution in [-0.2, 0) is 16.8 Å². The van der Waals surface area contributed by atoms with E-state index in [-0.39, 0.29) is 5.91 Å². The molecule has 0 fully saturated rings. The van der Waals surface area contributed by atoms with Crippen molar-refractivity contribution in [2.24, 2.45) is 5.73 Å². The Morgan fingerprint density at radius 2 is 2.29 bits per heavy atom. The highest BCUT2D eigenvalue weighted by Crippen LogP contribution is 2.35. The predicted molar refractivity (Wildman–Crippen MR) is 53.8 cm³/mol. The monoisotopic (exact) mass is 191 g/mol. The van der Waals surface area contributed by atoms with Gasteiger partial charge >= 0.3 is 0 Å². The highest BCUT2D eigenvalue weighted by Gasteiger charge is 2.39. The molecule has 0 saturated carbocycles. The molecular formula is C10H13N3O. The molecule has 0 saturated heterocycles. The molecule has 2 rings (SSSR count). The first kappa shape index (κ1) is 9.15. The van der Waals surface area contributed by atoms with Crippen LogP contribution in [0.5, 0.6) is 0 Å². The lowest BCUT2D eigenvalue weighted by Crippen LogP contribution is -2.27. The SMILES string of the molecule is CC1(C)C(=O)Nc2cc(CN)cnc21. The highest BCUT2D eigenvalue weighted by molar-refractivity contribution is 6.04. The van der Waals surface area contributed by atoms with Crippen molar-refractivity contribution in [2.75, 3.05) is 5.32 Å². The number of aromatic nitrogens is 1. The normalized spacial score (nSPS) is 17.8. The Morgan fingerprint density at radius 3 is 2.93 bits per heavy atom. The summed E-state index contributed by atoms with van der Waals surface area (Å²) < 4.78 is 0. The molecule has 4 nitrogen and oxygen atoms in total. The van der Waals surface area contributed by atoms with Crippen molar-refractivity contribution in [3.63, 3.8) is 0 Å². The number of anilines is 1. The van der Waals surface area contributed by atoms with Crippen molar-refractivity contribution in [1.29, 1.82) is 0 Å². The van der Waals surface area contributed by atoms with Crippen LogP contribution in [0.25, 0.3) is 0 Å². The smallest absolute Gasteiger partial charge is 0.236 e. The molecule has 4 heteroatoms. The van der Waals surface area contributed by atoms with Gasteiger partial charge in [0.1, 0.15) is 0 Å². The highest BCUT2D eigenvalue weighted by atomic mass is 16.2. The average molecular weight is 191 g/mol. The summed E-state index contributed by atoms with van der Waals surface area (Å²) in [6.07, 6.45) is 1.72. The number of carbonyl (C=O) groups excluding carboxylic acids is 1. The quantitative estimate of drug-likeness (QED) is 0.689. The fourth-order valence-corrected chi connectivity index (χ4v) is 1.60. The lowest BCUT2D eigenvalue weighted by molar-refractivity contribution is -0.119. The van der Waals surface area contributed by atoms with Crippen molar-refractivity contribution in [1.82, 2.24) is 4.98 Å². The summed E-state index contributed by atoms with van der Waals surface area (Å²) in [6.45, 7) is 4.17. The van der Waals surface area contributed by atoms with E-state index in [4.69, 9.17) is 5.73 Å². The Labute approximate surface area is 82.5 Å². The van der Waals surface area contributed by atoms with Gasteiger partial charge in [-0.3, -0.25) is 9.78 Å². The maximum Gasteiger partial charge on any atom is 0.236 e. The number of nitrogens with two attached hydrogens (primary N) is 1. The summed E-state index contributed by atoms with van der Waals surface area (Å²) in [5.74, 6) is -0.00540. The van der Waals surface area contributed by atoms with Crippen LogP contribution in [-0.4, -0.2) is 10.9 Å². The molecule has 0 unspecified atom stereocenters. The third kappa shape index (κ3) is 1.11. The number of nitrogens with zero attached hydrogens (tertiary/aromatic N) is 1. The van der Waals surface area contributed by atoms with Crippen molar-refractivity contribution < 1.29 is 4.79 Å². The van der Waals surface area contributed by atoms with E-state index in [9.17, 15) is 4.79 Å². The molecule has 74 valence electrons. The van der Waals surface area contributed by atoms with Crippen LogP contribution < -0.4 is 11.1 Å². The van der Waals surface area contributed by atoms with Gasteiger partial charge in [-0.25, -0.2) is 0 Å². The molecule has 1 amide bonds. The van der Waals surface area contributed by atoms with E-state index < -0.39 is 5.41 Å². The molecule has 14 heavy (non-hydrogen) atoms. The van der Waals surface area contributed by atoms with Crippen molar-refractivity contribution in [3.05, 3.63) is 23.5 Å². The molecule has 3 N–H and O–H groups in total. The van der Waals surface area contributed by atoms with Crippen LogP contribution in [0.3, 0.4) is 0 Å². The van der Waals surface area contributed by atoms with Crippen LogP contribution in [0.1, 0.15) is 25.1 Å². The van der Waals surface area contributed by atoms with E-state index in [2.05, 4.69) is 10.3 Å². The van der Waals surface area contributed by atoms with Crippen molar-refractivity contribution in [3.8, 4) is 0 Å². The van der Waals surface area contributed by atoms with Crippen LogP contribution in [0.15, 0.2) is 12.3 Å². The zero-order chi connectivity index (χ0) is 10.3. The molecule has 2 heterocycles. The Bertz CT molecular complexity index is 398. The minimum Gasteiger partial charge on any atom is -0.326 e. The van der Waals surface area contributed by atoms with Gasteiger partial charge in [-0.2, -0.15) is 0 Å². The molecular weight excluding hydrogens is 178 g/mol. The number of pyridine rings is 1. The molecule has 0 aromatic carbocycles. The number of fused-ring (bicyclic) bond motifs is 1. The van der Waals surface area contributed by atoms with Gasteiger partial charge in [0, 0.05) is 12.7 Å². The molecule has 0 atom stereocenters. The van der Waals surface area contributed by atoms with Gasteiger partial charge in [-0.15, -0.1) is 0 Å². The summed E-state index contributed by atoms with van der Waals surface area (Å²) in [5.41, 5.74) is 7.50. The lowest BCUT2D eigenvalue weighted by Gasteiger charge is -2.13. The third-order valence-corrected chi connectivity index (χ3v) is 2.59. The zero-order valence-electron chi connectivity index (χ0n) is 8.29. The number of hydrogen-bond donors (Lipinski definition) is 2. The first-order chi connectivity index (χ1) is 6.55. The Balaban J connectivity index is 2.54.